The van der Waals surface area contributed by atoms with Gasteiger partial charge in [-0.05, 0) is 25.3 Å². The van der Waals surface area contributed by atoms with Crippen LogP contribution in [0.2, 0.25) is 0 Å². The molecule has 0 saturated heterocycles. The average Bonchev–Trinajstić information content (AvgIpc) is 2.97. The van der Waals surface area contributed by atoms with Gasteiger partial charge in [0.15, 0.2) is 0 Å². The minimum Gasteiger partial charge on any atom is -0.355 e. The molecule has 0 spiro atoms. The summed E-state index contributed by atoms with van der Waals surface area (Å²) in [5, 5.41) is 4.95. The van der Waals surface area contributed by atoms with E-state index < -0.39 is 0 Å². The van der Waals surface area contributed by atoms with Crippen molar-refractivity contribution in [2.45, 2.75) is 20.4 Å². The van der Waals surface area contributed by atoms with Crippen molar-refractivity contribution < 1.29 is 9.59 Å². The first-order valence-electron chi connectivity index (χ1n) is 7.03. The van der Waals surface area contributed by atoms with Crippen LogP contribution in [-0.4, -0.2) is 45.9 Å². The van der Waals surface area contributed by atoms with Crippen LogP contribution in [0.15, 0.2) is 22.6 Å². The maximum absolute atomic E-state index is 12.3. The summed E-state index contributed by atoms with van der Waals surface area (Å²) in [6.07, 6.45) is 1.37. The summed E-state index contributed by atoms with van der Waals surface area (Å²) in [5.41, 5.74) is -0.242. The van der Waals surface area contributed by atoms with E-state index in [4.69, 9.17) is 0 Å². The SMILES string of the molecule is CCNC(=O)CN(CC)C(=O)Cn1cnc2sccc2c1=O. The third-order valence-corrected chi connectivity index (χ3v) is 4.02. The molecule has 22 heavy (non-hydrogen) atoms. The van der Waals surface area contributed by atoms with Crippen LogP contribution in [-0.2, 0) is 16.1 Å². The zero-order valence-electron chi connectivity index (χ0n) is 12.5. The normalized spacial score (nSPS) is 10.6. The van der Waals surface area contributed by atoms with Gasteiger partial charge in [0.05, 0.1) is 18.3 Å². The number of carbonyl (C=O) groups is 2. The Morgan fingerprint density at radius 1 is 1.41 bits per heavy atom. The summed E-state index contributed by atoms with van der Waals surface area (Å²) >= 11 is 1.38. The van der Waals surface area contributed by atoms with E-state index >= 15 is 0 Å². The van der Waals surface area contributed by atoms with Crippen molar-refractivity contribution in [2.24, 2.45) is 0 Å². The molecule has 0 bridgehead atoms. The van der Waals surface area contributed by atoms with Crippen molar-refractivity contribution in [3.05, 3.63) is 28.1 Å². The number of amides is 2. The molecule has 0 saturated carbocycles. The molecule has 118 valence electrons. The molecule has 0 aromatic carbocycles. The Bertz CT molecular complexity index is 737. The molecule has 0 fully saturated rings. The minimum absolute atomic E-state index is 0.00789. The number of fused-ring (bicyclic) bond motifs is 1. The molecule has 2 amide bonds. The smallest absolute Gasteiger partial charge is 0.262 e. The van der Waals surface area contributed by atoms with Gasteiger partial charge in [-0.25, -0.2) is 4.98 Å². The summed E-state index contributed by atoms with van der Waals surface area (Å²) in [6, 6.07) is 1.70. The highest BCUT2D eigenvalue weighted by molar-refractivity contribution is 7.16. The Kier molecular flexibility index (Phi) is 5.26. The van der Waals surface area contributed by atoms with Gasteiger partial charge in [0.25, 0.3) is 5.56 Å². The highest BCUT2D eigenvalue weighted by Gasteiger charge is 2.17. The second-order valence-electron chi connectivity index (χ2n) is 4.68. The molecule has 0 radical (unpaired) electrons. The van der Waals surface area contributed by atoms with Gasteiger partial charge in [0.2, 0.25) is 11.8 Å². The summed E-state index contributed by atoms with van der Waals surface area (Å²) < 4.78 is 1.28. The molecule has 2 rings (SSSR count). The van der Waals surface area contributed by atoms with Gasteiger partial charge in [-0.15, -0.1) is 11.3 Å². The van der Waals surface area contributed by atoms with Crippen LogP contribution in [0.3, 0.4) is 0 Å². The Morgan fingerprint density at radius 3 is 2.86 bits per heavy atom. The molecule has 0 aliphatic carbocycles. The predicted molar refractivity (Wildman–Crippen MR) is 84.8 cm³/mol. The Balaban J connectivity index is 2.13. The maximum Gasteiger partial charge on any atom is 0.262 e. The van der Waals surface area contributed by atoms with Crippen LogP contribution in [0.25, 0.3) is 10.2 Å². The highest BCUT2D eigenvalue weighted by Crippen LogP contribution is 2.13. The van der Waals surface area contributed by atoms with Gasteiger partial charge < -0.3 is 10.2 Å². The standard InChI is InChI=1S/C14H18N4O3S/c1-3-15-11(19)7-17(4-2)12(20)8-18-9-16-13-10(14(18)21)5-6-22-13/h5-6,9H,3-4,7-8H2,1-2H3,(H,15,19). The molecule has 0 unspecified atom stereocenters. The highest BCUT2D eigenvalue weighted by atomic mass is 32.1. The number of nitrogens with zero attached hydrogens (tertiary/aromatic N) is 3. The molecule has 0 aliphatic heterocycles. The van der Waals surface area contributed by atoms with Crippen LogP contribution in [0, 0.1) is 0 Å². The number of nitrogens with one attached hydrogen (secondary N) is 1. The third-order valence-electron chi connectivity index (χ3n) is 3.20. The Morgan fingerprint density at radius 2 is 2.18 bits per heavy atom. The van der Waals surface area contributed by atoms with Crippen LogP contribution < -0.4 is 10.9 Å². The van der Waals surface area contributed by atoms with Gasteiger partial charge in [0.1, 0.15) is 11.4 Å². The van der Waals surface area contributed by atoms with E-state index in [1.807, 2.05) is 6.92 Å². The lowest BCUT2D eigenvalue weighted by Gasteiger charge is -2.20. The van der Waals surface area contributed by atoms with Crippen LogP contribution in [0.1, 0.15) is 13.8 Å². The number of likely N-dealkylation sites (N-methyl/N-ethyl adjacent to an activating group) is 2. The van der Waals surface area contributed by atoms with Gasteiger partial charge in [-0.3, -0.25) is 19.0 Å². The second kappa shape index (κ2) is 7.17. The van der Waals surface area contributed by atoms with Crippen molar-refractivity contribution in [1.29, 1.82) is 0 Å². The van der Waals surface area contributed by atoms with Crippen molar-refractivity contribution in [1.82, 2.24) is 19.8 Å². The topological polar surface area (TPSA) is 84.3 Å². The van der Waals surface area contributed by atoms with Gasteiger partial charge in [-0.2, -0.15) is 0 Å². The monoisotopic (exact) mass is 322 g/mol. The van der Waals surface area contributed by atoms with E-state index in [0.717, 1.165) is 0 Å². The van der Waals surface area contributed by atoms with Gasteiger partial charge in [0, 0.05) is 13.1 Å². The van der Waals surface area contributed by atoms with Gasteiger partial charge >= 0.3 is 0 Å². The molecule has 8 heteroatoms. The van der Waals surface area contributed by atoms with Gasteiger partial charge in [-0.1, -0.05) is 0 Å². The minimum atomic E-state index is -0.285. The summed E-state index contributed by atoms with van der Waals surface area (Å²) in [5.74, 6) is -0.497. The van der Waals surface area contributed by atoms with Crippen molar-refractivity contribution in [3.8, 4) is 0 Å². The van der Waals surface area contributed by atoms with E-state index in [1.54, 1.807) is 18.4 Å². The van der Waals surface area contributed by atoms with Crippen LogP contribution >= 0.6 is 11.3 Å². The Labute approximate surface area is 131 Å². The molecule has 2 aromatic heterocycles. The second-order valence-corrected chi connectivity index (χ2v) is 5.57. The van der Waals surface area contributed by atoms with Crippen LogP contribution in [0.5, 0.6) is 0 Å². The lowest BCUT2D eigenvalue weighted by Crippen LogP contribution is -2.42. The quantitative estimate of drug-likeness (QED) is 0.836. The first-order valence-corrected chi connectivity index (χ1v) is 7.91. The zero-order chi connectivity index (χ0) is 16.1. The number of rotatable bonds is 6. The number of thiophene rings is 1. The van der Waals surface area contributed by atoms with E-state index in [1.165, 1.54) is 27.1 Å². The van der Waals surface area contributed by atoms with E-state index in [2.05, 4.69) is 10.3 Å². The first-order chi connectivity index (χ1) is 10.6. The average molecular weight is 322 g/mol. The lowest BCUT2D eigenvalue weighted by atomic mass is 10.4. The Hall–Kier alpha value is -2.22. The molecule has 1 N–H and O–H groups in total. The van der Waals surface area contributed by atoms with E-state index in [9.17, 15) is 14.4 Å². The van der Waals surface area contributed by atoms with E-state index in [0.29, 0.717) is 23.3 Å². The predicted octanol–water partition coefficient (Wildman–Crippen LogP) is 0.443. The molecule has 0 aliphatic rings. The van der Waals surface area contributed by atoms with Crippen molar-refractivity contribution in [3.63, 3.8) is 0 Å². The number of hydrogen-bond donors (Lipinski definition) is 1. The number of carbonyl (C=O) groups excluding carboxylic acids is 2. The summed E-state index contributed by atoms with van der Waals surface area (Å²) in [7, 11) is 0. The molecular formula is C14H18N4O3S. The van der Waals surface area contributed by atoms with E-state index in [-0.39, 0.29) is 30.5 Å². The third kappa shape index (κ3) is 3.51. The summed E-state index contributed by atoms with van der Waals surface area (Å²) in [4.78, 5) is 42.3. The summed E-state index contributed by atoms with van der Waals surface area (Å²) in [6.45, 7) is 4.40. The maximum atomic E-state index is 12.3. The lowest BCUT2D eigenvalue weighted by molar-refractivity contribution is -0.136. The molecule has 2 aromatic rings. The van der Waals surface area contributed by atoms with Crippen LogP contribution in [0.4, 0.5) is 0 Å². The molecule has 2 heterocycles. The molecule has 0 atom stereocenters. The van der Waals surface area contributed by atoms with Crippen molar-refractivity contribution in [2.75, 3.05) is 19.6 Å². The molecule has 7 nitrogen and oxygen atoms in total. The largest absolute Gasteiger partial charge is 0.355 e. The fraction of sp³-hybridized carbons (Fsp3) is 0.429. The number of aromatic nitrogens is 2. The van der Waals surface area contributed by atoms with Crippen molar-refractivity contribution >= 4 is 33.4 Å². The number of hydrogen-bond acceptors (Lipinski definition) is 5. The molecular weight excluding hydrogens is 304 g/mol. The zero-order valence-corrected chi connectivity index (χ0v) is 13.4. The first kappa shape index (κ1) is 16.2. The fourth-order valence-electron chi connectivity index (χ4n) is 2.05. The fourth-order valence-corrected chi connectivity index (χ4v) is 2.78.